The van der Waals surface area contributed by atoms with E-state index in [2.05, 4.69) is 25.4 Å². The van der Waals surface area contributed by atoms with E-state index >= 15 is 0 Å². The molecule has 0 saturated carbocycles. The predicted octanol–water partition coefficient (Wildman–Crippen LogP) is 1.81. The number of anilines is 1. The van der Waals surface area contributed by atoms with Crippen molar-refractivity contribution < 1.29 is 32.3 Å². The van der Waals surface area contributed by atoms with Gasteiger partial charge in [0.05, 0.1) is 43.3 Å². The van der Waals surface area contributed by atoms with Gasteiger partial charge in [0.15, 0.2) is 37.3 Å². The molecule has 1 aromatic carbocycles. The zero-order chi connectivity index (χ0) is 25.1. The topological polar surface area (TPSA) is 151 Å². The molecule has 1 N–H and O–H groups in total. The van der Waals surface area contributed by atoms with Gasteiger partial charge in [0, 0.05) is 18.6 Å². The molecule has 2 fully saturated rings. The Morgan fingerprint density at radius 2 is 1.92 bits per heavy atom. The lowest BCUT2D eigenvalue weighted by Gasteiger charge is -2.12. The Hall–Kier alpha value is -3.20. The van der Waals surface area contributed by atoms with Crippen molar-refractivity contribution in [1.82, 2.24) is 15.0 Å². The molecule has 190 valence electrons. The fraction of sp³-hybridized carbons (Fsp3) is 0.409. The van der Waals surface area contributed by atoms with Crippen molar-refractivity contribution in [3.05, 3.63) is 36.0 Å². The third-order valence-electron chi connectivity index (χ3n) is 5.71. The zero-order valence-corrected chi connectivity index (χ0v) is 20.9. The van der Waals surface area contributed by atoms with Gasteiger partial charge in [-0.15, -0.1) is 0 Å². The van der Waals surface area contributed by atoms with Crippen LogP contribution in [0.4, 0.5) is 5.13 Å². The summed E-state index contributed by atoms with van der Waals surface area (Å²) in [5.41, 5.74) is 0.708. The van der Waals surface area contributed by atoms with Gasteiger partial charge in [-0.05, 0) is 18.6 Å². The smallest absolute Gasteiger partial charge is 0.280 e. The van der Waals surface area contributed by atoms with Crippen molar-refractivity contribution in [2.45, 2.75) is 29.1 Å². The first-order valence-electron chi connectivity index (χ1n) is 11.2. The zero-order valence-electron chi connectivity index (χ0n) is 19.2. The number of nitrogens with zero attached hydrogens (tertiary/aromatic N) is 4. The highest BCUT2D eigenvalue weighted by atomic mass is 32.2. The Balaban J connectivity index is 1.40. The molecular weight excluding hydrogens is 510 g/mol. The SMILES string of the molecule is COc1cnc2nc(NC(=O)C(=NO[C@@H]3CCOC3)c3ccc(S(=O)(=O)[C@H]4CCOC4)cc3)sc2n1. The number of benzene rings is 1. The first-order chi connectivity index (χ1) is 17.4. The summed E-state index contributed by atoms with van der Waals surface area (Å²) in [6, 6.07) is 5.98. The second-order valence-electron chi connectivity index (χ2n) is 8.10. The number of thiazole rings is 1. The maximum atomic E-state index is 13.2. The predicted molar refractivity (Wildman–Crippen MR) is 130 cm³/mol. The summed E-state index contributed by atoms with van der Waals surface area (Å²) in [5.74, 6) is -0.252. The van der Waals surface area contributed by atoms with E-state index in [0.717, 1.165) is 11.3 Å². The van der Waals surface area contributed by atoms with Crippen LogP contribution in [0.5, 0.6) is 5.88 Å². The third kappa shape index (κ3) is 5.16. The lowest BCUT2D eigenvalue weighted by atomic mass is 10.1. The Kier molecular flexibility index (Phi) is 7.09. The minimum atomic E-state index is -3.54. The maximum absolute atomic E-state index is 13.2. The van der Waals surface area contributed by atoms with Gasteiger partial charge < -0.3 is 19.0 Å². The fourth-order valence-corrected chi connectivity index (χ4v) is 6.08. The highest BCUT2D eigenvalue weighted by Gasteiger charge is 2.31. The van der Waals surface area contributed by atoms with E-state index < -0.39 is 21.0 Å². The molecule has 4 heterocycles. The van der Waals surface area contributed by atoms with Gasteiger partial charge >= 0.3 is 0 Å². The molecule has 1 amide bonds. The second kappa shape index (κ2) is 10.4. The van der Waals surface area contributed by atoms with Crippen molar-refractivity contribution in [2.24, 2.45) is 5.16 Å². The molecule has 2 saturated heterocycles. The summed E-state index contributed by atoms with van der Waals surface area (Å²) in [6.07, 6.45) is 2.26. The molecule has 14 heteroatoms. The number of nitrogens with one attached hydrogen (secondary N) is 1. The fourth-order valence-electron chi connectivity index (χ4n) is 3.72. The van der Waals surface area contributed by atoms with Crippen LogP contribution in [-0.4, -0.2) is 79.9 Å². The number of sulfone groups is 1. The number of rotatable bonds is 8. The molecule has 2 aromatic heterocycles. The number of hydrogen-bond donors (Lipinski definition) is 1. The lowest BCUT2D eigenvalue weighted by molar-refractivity contribution is -0.110. The number of carbonyl (C=O) groups is 1. The molecule has 0 radical (unpaired) electrons. The number of hydrogen-bond acceptors (Lipinski definition) is 12. The third-order valence-corrected chi connectivity index (χ3v) is 8.74. The van der Waals surface area contributed by atoms with Crippen LogP contribution in [0.2, 0.25) is 0 Å². The molecule has 3 aromatic rings. The molecule has 0 unspecified atom stereocenters. The summed E-state index contributed by atoms with van der Waals surface area (Å²) in [4.78, 5) is 32.1. The Bertz CT molecular complexity index is 1380. The van der Waals surface area contributed by atoms with E-state index in [1.165, 1.54) is 37.6 Å². The Labute approximate surface area is 210 Å². The largest absolute Gasteiger partial charge is 0.480 e. The van der Waals surface area contributed by atoms with Gasteiger partial charge in [0.2, 0.25) is 5.88 Å². The average molecular weight is 534 g/mol. The van der Waals surface area contributed by atoms with Gasteiger partial charge in [0.1, 0.15) is 0 Å². The number of amides is 1. The van der Waals surface area contributed by atoms with Gasteiger partial charge in [-0.25, -0.2) is 13.4 Å². The van der Waals surface area contributed by atoms with E-state index in [0.29, 0.717) is 54.6 Å². The maximum Gasteiger partial charge on any atom is 0.280 e. The van der Waals surface area contributed by atoms with Crippen molar-refractivity contribution in [1.29, 1.82) is 0 Å². The van der Waals surface area contributed by atoms with Crippen molar-refractivity contribution in [2.75, 3.05) is 38.9 Å². The van der Waals surface area contributed by atoms with E-state index in [-0.39, 0.29) is 28.4 Å². The molecular formula is C22H23N5O7S2. The van der Waals surface area contributed by atoms with E-state index in [1.807, 2.05) is 0 Å². The van der Waals surface area contributed by atoms with Crippen LogP contribution < -0.4 is 10.1 Å². The van der Waals surface area contributed by atoms with Crippen LogP contribution in [0.1, 0.15) is 18.4 Å². The molecule has 0 bridgehead atoms. The van der Waals surface area contributed by atoms with Crippen LogP contribution in [0.15, 0.2) is 40.5 Å². The molecule has 36 heavy (non-hydrogen) atoms. The normalized spacial score (nSPS) is 20.5. The van der Waals surface area contributed by atoms with Gasteiger partial charge in [-0.3, -0.25) is 10.1 Å². The molecule has 2 aliphatic rings. The van der Waals surface area contributed by atoms with E-state index in [1.54, 1.807) is 0 Å². The van der Waals surface area contributed by atoms with Crippen molar-refractivity contribution >= 4 is 48.4 Å². The van der Waals surface area contributed by atoms with Crippen LogP contribution in [0.25, 0.3) is 10.5 Å². The number of fused-ring (bicyclic) bond motifs is 1. The molecule has 0 spiro atoms. The van der Waals surface area contributed by atoms with Gasteiger partial charge in [0.25, 0.3) is 5.91 Å². The molecule has 12 nitrogen and oxygen atoms in total. The summed E-state index contributed by atoms with van der Waals surface area (Å²) in [5, 5.41) is 6.49. The van der Waals surface area contributed by atoms with E-state index in [9.17, 15) is 13.2 Å². The van der Waals surface area contributed by atoms with Crippen LogP contribution in [-0.2, 0) is 28.9 Å². The first kappa shape index (κ1) is 24.5. The summed E-state index contributed by atoms with van der Waals surface area (Å²) >= 11 is 1.13. The monoisotopic (exact) mass is 533 g/mol. The highest BCUT2D eigenvalue weighted by molar-refractivity contribution is 7.92. The quantitative estimate of drug-likeness (QED) is 0.335. The Morgan fingerprint density at radius 3 is 2.61 bits per heavy atom. The minimum absolute atomic E-state index is 0.0344. The van der Waals surface area contributed by atoms with Crippen LogP contribution in [0.3, 0.4) is 0 Å². The first-order valence-corrected chi connectivity index (χ1v) is 13.5. The van der Waals surface area contributed by atoms with Crippen molar-refractivity contribution in [3.8, 4) is 5.88 Å². The van der Waals surface area contributed by atoms with Gasteiger partial charge in [-0.2, -0.15) is 9.97 Å². The second-order valence-corrected chi connectivity index (χ2v) is 11.3. The van der Waals surface area contributed by atoms with Crippen LogP contribution in [0, 0.1) is 0 Å². The molecule has 2 aliphatic heterocycles. The molecule has 2 atom stereocenters. The Morgan fingerprint density at radius 1 is 1.14 bits per heavy atom. The summed E-state index contributed by atoms with van der Waals surface area (Å²) in [6.45, 7) is 1.52. The lowest BCUT2D eigenvalue weighted by Crippen LogP contribution is -2.25. The number of oxime groups is 1. The number of ether oxygens (including phenoxy) is 3. The number of methoxy groups -OCH3 is 1. The van der Waals surface area contributed by atoms with Gasteiger partial charge in [-0.1, -0.05) is 28.6 Å². The molecule has 0 aliphatic carbocycles. The van der Waals surface area contributed by atoms with Crippen LogP contribution >= 0.6 is 11.3 Å². The van der Waals surface area contributed by atoms with Crippen molar-refractivity contribution in [3.63, 3.8) is 0 Å². The average Bonchev–Trinajstić information content (AvgIpc) is 3.66. The standard InChI is InChI=1S/C22H23N5O7S2/c1-31-17-10-23-19-21(24-17)35-22(25-19)26-20(28)18(27-34-14-6-8-32-11-14)13-2-4-15(5-3-13)36(29,30)16-7-9-33-12-16/h2-5,10,14,16H,6-9,11-12H2,1H3,(H,23,25,26,28)/t14-,16+/m1/s1. The highest BCUT2D eigenvalue weighted by Crippen LogP contribution is 2.26. The summed E-state index contributed by atoms with van der Waals surface area (Å²) in [7, 11) is -2.06. The minimum Gasteiger partial charge on any atom is -0.480 e. The molecule has 5 rings (SSSR count). The number of aromatic nitrogens is 3. The number of carbonyl (C=O) groups excluding carboxylic acids is 1. The van der Waals surface area contributed by atoms with E-state index in [4.69, 9.17) is 19.0 Å². The summed E-state index contributed by atoms with van der Waals surface area (Å²) < 4.78 is 41.3.